The average molecular weight is 301 g/mol. The molecule has 1 aromatic carbocycles. The van der Waals surface area contributed by atoms with Gasteiger partial charge in [-0.2, -0.15) is 0 Å². The molecule has 2 amide bonds. The highest BCUT2D eigenvalue weighted by molar-refractivity contribution is 5.79. The number of rotatable bonds is 2. The second-order valence-electron chi connectivity index (χ2n) is 6.14. The van der Waals surface area contributed by atoms with E-state index in [-0.39, 0.29) is 6.03 Å². The van der Waals surface area contributed by atoms with Gasteiger partial charge in [0.2, 0.25) is 0 Å². The fourth-order valence-corrected chi connectivity index (χ4v) is 3.01. The van der Waals surface area contributed by atoms with Crippen LogP contribution in [0.25, 0.3) is 11.0 Å². The van der Waals surface area contributed by atoms with E-state index >= 15 is 0 Å². The molecule has 5 heteroatoms. The topological polar surface area (TPSA) is 62.7 Å². The van der Waals surface area contributed by atoms with Gasteiger partial charge in [-0.1, -0.05) is 0 Å². The van der Waals surface area contributed by atoms with Crippen LogP contribution in [0.4, 0.5) is 4.79 Å². The van der Waals surface area contributed by atoms with Crippen molar-refractivity contribution in [3.8, 4) is 0 Å². The summed E-state index contributed by atoms with van der Waals surface area (Å²) in [5.74, 6) is 0.979. The van der Waals surface area contributed by atoms with E-state index in [0.717, 1.165) is 49.3 Å². The summed E-state index contributed by atoms with van der Waals surface area (Å²) in [6.45, 7) is 8.22. The Labute approximate surface area is 130 Å². The first kappa shape index (κ1) is 14.9. The first-order valence-electron chi connectivity index (χ1n) is 7.79. The number of furan rings is 1. The van der Waals surface area contributed by atoms with Crippen LogP contribution in [-0.2, 0) is 6.54 Å². The number of benzene rings is 1. The highest BCUT2D eigenvalue weighted by Gasteiger charge is 2.18. The Kier molecular flexibility index (Phi) is 4.07. The predicted octanol–water partition coefficient (Wildman–Crippen LogP) is 2.64. The first-order valence-corrected chi connectivity index (χ1v) is 7.79. The minimum absolute atomic E-state index is 0.323. The molecule has 1 aliphatic rings. The van der Waals surface area contributed by atoms with Gasteiger partial charge in [-0.05, 0) is 49.6 Å². The second kappa shape index (κ2) is 6.01. The lowest BCUT2D eigenvalue weighted by molar-refractivity contribution is 0.206. The normalized spacial score (nSPS) is 16.9. The zero-order valence-electron chi connectivity index (χ0n) is 13.3. The molecule has 0 bridgehead atoms. The van der Waals surface area contributed by atoms with E-state index in [4.69, 9.17) is 10.2 Å². The summed E-state index contributed by atoms with van der Waals surface area (Å²) in [6, 6.07) is 6.08. The number of aryl methyl sites for hydroxylation is 2. The van der Waals surface area contributed by atoms with Crippen molar-refractivity contribution >= 4 is 17.0 Å². The molecule has 5 nitrogen and oxygen atoms in total. The number of hydrogen-bond donors (Lipinski definition) is 1. The van der Waals surface area contributed by atoms with Crippen molar-refractivity contribution in [1.29, 1.82) is 0 Å². The molecular weight excluding hydrogens is 278 g/mol. The van der Waals surface area contributed by atoms with Crippen molar-refractivity contribution in [2.75, 3.05) is 26.2 Å². The summed E-state index contributed by atoms with van der Waals surface area (Å²) >= 11 is 0. The zero-order chi connectivity index (χ0) is 15.7. The highest BCUT2D eigenvalue weighted by atomic mass is 16.3. The Morgan fingerprint density at radius 3 is 2.68 bits per heavy atom. The number of nitrogens with zero attached hydrogens (tertiary/aromatic N) is 2. The third-order valence-corrected chi connectivity index (χ3v) is 4.46. The SMILES string of the molecule is Cc1cc2cc(CN3CCCN(C(N)=O)CC3)oc2cc1C. The van der Waals surface area contributed by atoms with Gasteiger partial charge in [0.05, 0.1) is 6.54 Å². The van der Waals surface area contributed by atoms with Crippen molar-refractivity contribution in [3.63, 3.8) is 0 Å². The minimum atomic E-state index is -0.323. The Hall–Kier alpha value is -2.01. The second-order valence-corrected chi connectivity index (χ2v) is 6.14. The Morgan fingerprint density at radius 2 is 1.91 bits per heavy atom. The van der Waals surface area contributed by atoms with Gasteiger partial charge < -0.3 is 15.1 Å². The minimum Gasteiger partial charge on any atom is -0.460 e. The molecule has 2 heterocycles. The number of hydrogen-bond acceptors (Lipinski definition) is 3. The molecule has 1 fully saturated rings. The smallest absolute Gasteiger partial charge is 0.314 e. The Balaban J connectivity index is 1.71. The molecule has 22 heavy (non-hydrogen) atoms. The number of nitrogens with two attached hydrogens (primary N) is 1. The van der Waals surface area contributed by atoms with Crippen LogP contribution in [0.3, 0.4) is 0 Å². The largest absolute Gasteiger partial charge is 0.460 e. The standard InChI is InChI=1S/C17H23N3O2/c1-12-8-14-10-15(22-16(14)9-13(12)2)11-19-4-3-5-20(7-6-19)17(18)21/h8-10H,3-7,11H2,1-2H3,(H2,18,21). The van der Waals surface area contributed by atoms with Gasteiger partial charge >= 0.3 is 6.03 Å². The average Bonchev–Trinajstić information content (AvgIpc) is 2.69. The molecular formula is C17H23N3O2. The lowest BCUT2D eigenvalue weighted by Crippen LogP contribution is -2.38. The number of carbonyl (C=O) groups is 1. The van der Waals surface area contributed by atoms with Crippen molar-refractivity contribution in [1.82, 2.24) is 9.80 Å². The molecule has 2 aromatic rings. The number of carbonyl (C=O) groups excluding carboxylic acids is 1. The van der Waals surface area contributed by atoms with Crippen molar-refractivity contribution in [3.05, 3.63) is 35.1 Å². The molecule has 0 aliphatic carbocycles. The number of primary amides is 1. The van der Waals surface area contributed by atoms with Gasteiger partial charge in [0.25, 0.3) is 0 Å². The predicted molar refractivity (Wildman–Crippen MR) is 86.7 cm³/mol. The van der Waals surface area contributed by atoms with E-state index < -0.39 is 0 Å². The summed E-state index contributed by atoms with van der Waals surface area (Å²) < 4.78 is 5.97. The molecule has 1 aromatic heterocycles. The molecule has 0 atom stereocenters. The molecule has 1 aliphatic heterocycles. The van der Waals surface area contributed by atoms with Crippen LogP contribution < -0.4 is 5.73 Å². The number of urea groups is 1. The van der Waals surface area contributed by atoms with Crippen LogP contribution in [-0.4, -0.2) is 42.0 Å². The van der Waals surface area contributed by atoms with E-state index in [9.17, 15) is 4.79 Å². The lowest BCUT2D eigenvalue weighted by atomic mass is 10.1. The van der Waals surface area contributed by atoms with Crippen LogP contribution in [0.5, 0.6) is 0 Å². The molecule has 118 valence electrons. The molecule has 3 rings (SSSR count). The summed E-state index contributed by atoms with van der Waals surface area (Å²) in [6.07, 6.45) is 0.946. The van der Waals surface area contributed by atoms with E-state index in [1.807, 2.05) is 0 Å². The fraction of sp³-hybridized carbons (Fsp3) is 0.471. The van der Waals surface area contributed by atoms with Crippen molar-refractivity contribution in [2.45, 2.75) is 26.8 Å². The van der Waals surface area contributed by atoms with Crippen LogP contribution in [0.1, 0.15) is 23.3 Å². The van der Waals surface area contributed by atoms with Gasteiger partial charge in [-0.3, -0.25) is 4.90 Å². The zero-order valence-corrected chi connectivity index (χ0v) is 13.3. The number of fused-ring (bicyclic) bond motifs is 1. The van der Waals surface area contributed by atoms with Gasteiger partial charge in [-0.25, -0.2) is 4.79 Å². The molecule has 0 radical (unpaired) electrons. The molecule has 0 saturated carbocycles. The summed E-state index contributed by atoms with van der Waals surface area (Å²) in [5.41, 5.74) is 8.85. The van der Waals surface area contributed by atoms with Crippen LogP contribution >= 0.6 is 0 Å². The summed E-state index contributed by atoms with van der Waals surface area (Å²) in [7, 11) is 0. The maximum Gasteiger partial charge on any atom is 0.314 e. The van der Waals surface area contributed by atoms with E-state index in [0.29, 0.717) is 6.54 Å². The summed E-state index contributed by atoms with van der Waals surface area (Å²) in [4.78, 5) is 15.3. The van der Waals surface area contributed by atoms with Crippen LogP contribution in [0.15, 0.2) is 22.6 Å². The van der Waals surface area contributed by atoms with Crippen LogP contribution in [0, 0.1) is 13.8 Å². The van der Waals surface area contributed by atoms with Gasteiger partial charge in [0, 0.05) is 31.6 Å². The quantitative estimate of drug-likeness (QED) is 0.927. The Morgan fingerprint density at radius 1 is 1.14 bits per heavy atom. The van der Waals surface area contributed by atoms with Crippen molar-refractivity contribution < 1.29 is 9.21 Å². The monoisotopic (exact) mass is 301 g/mol. The van der Waals surface area contributed by atoms with E-state index in [2.05, 4.69) is 36.9 Å². The van der Waals surface area contributed by atoms with Crippen molar-refractivity contribution in [2.24, 2.45) is 5.73 Å². The molecule has 2 N–H and O–H groups in total. The third kappa shape index (κ3) is 3.09. The first-order chi connectivity index (χ1) is 10.5. The van der Waals surface area contributed by atoms with E-state index in [1.54, 1.807) is 4.90 Å². The Bertz CT molecular complexity index is 654. The molecule has 0 unspecified atom stereocenters. The number of amides is 2. The van der Waals surface area contributed by atoms with Gasteiger partial charge in [0.15, 0.2) is 0 Å². The van der Waals surface area contributed by atoms with E-state index in [1.165, 1.54) is 11.1 Å². The highest BCUT2D eigenvalue weighted by Crippen LogP contribution is 2.24. The molecule has 0 spiro atoms. The van der Waals surface area contributed by atoms with Crippen LogP contribution in [0.2, 0.25) is 0 Å². The fourth-order valence-electron chi connectivity index (χ4n) is 3.01. The third-order valence-electron chi connectivity index (χ3n) is 4.46. The molecule has 1 saturated heterocycles. The van der Waals surface area contributed by atoms with Gasteiger partial charge in [-0.15, -0.1) is 0 Å². The maximum atomic E-state index is 11.3. The maximum absolute atomic E-state index is 11.3. The summed E-state index contributed by atoms with van der Waals surface area (Å²) in [5, 5.41) is 1.16. The van der Waals surface area contributed by atoms with Gasteiger partial charge in [0.1, 0.15) is 11.3 Å². The lowest BCUT2D eigenvalue weighted by Gasteiger charge is -2.19.